The minimum Gasteiger partial charge on any atom is -0.468 e. The molecule has 0 aromatic carbocycles. The Bertz CT molecular complexity index is 304. The van der Waals surface area contributed by atoms with Crippen LogP contribution >= 0.6 is 0 Å². The summed E-state index contributed by atoms with van der Waals surface area (Å²) in [6.07, 6.45) is 4.65. The van der Waals surface area contributed by atoms with E-state index in [2.05, 4.69) is 33.0 Å². The van der Waals surface area contributed by atoms with Gasteiger partial charge in [-0.1, -0.05) is 27.7 Å². The van der Waals surface area contributed by atoms with Gasteiger partial charge in [-0.15, -0.1) is 0 Å². The molecule has 0 aromatic heterocycles. The van der Waals surface area contributed by atoms with E-state index in [1.807, 2.05) is 0 Å². The minimum absolute atomic E-state index is 0.235. The van der Waals surface area contributed by atoms with E-state index in [1.165, 1.54) is 13.5 Å². The Morgan fingerprint density at radius 2 is 2.10 bits per heavy atom. The fraction of sp³-hybridized carbons (Fsp3) is 0.938. The van der Waals surface area contributed by atoms with Crippen LogP contribution in [0.25, 0.3) is 0 Å². The molecule has 3 atom stereocenters. The van der Waals surface area contributed by atoms with Gasteiger partial charge in [-0.25, -0.2) is 0 Å². The molecule has 1 saturated carbocycles. The Morgan fingerprint density at radius 3 is 2.65 bits per heavy atom. The van der Waals surface area contributed by atoms with Gasteiger partial charge in [-0.05, 0) is 43.6 Å². The summed E-state index contributed by atoms with van der Waals surface area (Å²) in [4.78, 5) is 11.7. The third-order valence-corrected chi connectivity index (χ3v) is 3.97. The fourth-order valence-electron chi connectivity index (χ4n) is 3.29. The van der Waals surface area contributed by atoms with Crippen molar-refractivity contribution in [2.75, 3.05) is 20.3 Å². The molecule has 1 aliphatic carbocycles. The summed E-state index contributed by atoms with van der Waals surface area (Å²) in [6, 6.07) is -0.347. The van der Waals surface area contributed by atoms with E-state index in [4.69, 9.17) is 9.47 Å². The number of nitrogens with one attached hydrogen (secondary N) is 1. The molecule has 0 radical (unpaired) electrons. The van der Waals surface area contributed by atoms with Crippen molar-refractivity contribution in [3.63, 3.8) is 0 Å². The van der Waals surface area contributed by atoms with Crippen molar-refractivity contribution in [2.45, 2.75) is 65.5 Å². The SMILES string of the molecule is CCCNC(COC1CC(C)CC(C)(C)C1)C(=O)OC. The zero-order valence-electron chi connectivity index (χ0n) is 13.7. The number of carbonyl (C=O) groups is 1. The summed E-state index contributed by atoms with van der Waals surface area (Å²) in [5.41, 5.74) is 0.333. The lowest BCUT2D eigenvalue weighted by molar-refractivity contribution is -0.146. The number of ether oxygens (including phenoxy) is 2. The molecule has 0 amide bonds. The number of esters is 1. The van der Waals surface area contributed by atoms with Crippen molar-refractivity contribution >= 4 is 5.97 Å². The van der Waals surface area contributed by atoms with Crippen molar-refractivity contribution in [1.29, 1.82) is 0 Å². The Kier molecular flexibility index (Phi) is 6.96. The highest BCUT2D eigenvalue weighted by Crippen LogP contribution is 2.39. The van der Waals surface area contributed by atoms with Crippen molar-refractivity contribution in [3.05, 3.63) is 0 Å². The van der Waals surface area contributed by atoms with Gasteiger partial charge in [0.15, 0.2) is 0 Å². The van der Waals surface area contributed by atoms with E-state index in [0.29, 0.717) is 17.9 Å². The van der Waals surface area contributed by atoms with E-state index in [-0.39, 0.29) is 18.1 Å². The van der Waals surface area contributed by atoms with Gasteiger partial charge in [-0.2, -0.15) is 0 Å². The first-order chi connectivity index (χ1) is 9.38. The summed E-state index contributed by atoms with van der Waals surface area (Å²) in [7, 11) is 1.43. The summed E-state index contributed by atoms with van der Waals surface area (Å²) >= 11 is 0. The molecule has 4 nitrogen and oxygen atoms in total. The number of hydrogen-bond acceptors (Lipinski definition) is 4. The van der Waals surface area contributed by atoms with Gasteiger partial charge in [0.1, 0.15) is 6.04 Å². The first-order valence-electron chi connectivity index (χ1n) is 7.80. The quantitative estimate of drug-likeness (QED) is 0.731. The highest BCUT2D eigenvalue weighted by atomic mass is 16.5. The van der Waals surface area contributed by atoms with Crippen molar-refractivity contribution in [2.24, 2.45) is 11.3 Å². The summed E-state index contributed by atoms with van der Waals surface area (Å²) in [5.74, 6) is 0.450. The van der Waals surface area contributed by atoms with Crippen LogP contribution < -0.4 is 5.32 Å². The highest BCUT2D eigenvalue weighted by molar-refractivity contribution is 5.75. The smallest absolute Gasteiger partial charge is 0.325 e. The van der Waals surface area contributed by atoms with Crippen LogP contribution in [0.15, 0.2) is 0 Å². The van der Waals surface area contributed by atoms with Gasteiger partial charge in [-0.3, -0.25) is 4.79 Å². The second-order valence-electron chi connectivity index (χ2n) is 6.90. The van der Waals surface area contributed by atoms with Crippen LogP contribution in [0.2, 0.25) is 0 Å². The average molecular weight is 285 g/mol. The summed E-state index contributed by atoms with van der Waals surface area (Å²) in [6.45, 7) is 10.2. The normalized spacial score (nSPS) is 27.1. The van der Waals surface area contributed by atoms with Crippen LogP contribution in [0.4, 0.5) is 0 Å². The zero-order chi connectivity index (χ0) is 15.2. The van der Waals surface area contributed by atoms with E-state index < -0.39 is 0 Å². The van der Waals surface area contributed by atoms with Crippen LogP contribution in [0.1, 0.15) is 53.4 Å². The molecule has 0 aromatic rings. The largest absolute Gasteiger partial charge is 0.468 e. The summed E-state index contributed by atoms with van der Waals surface area (Å²) < 4.78 is 10.8. The van der Waals surface area contributed by atoms with Gasteiger partial charge in [0.05, 0.1) is 19.8 Å². The van der Waals surface area contributed by atoms with Gasteiger partial charge in [0.25, 0.3) is 0 Å². The van der Waals surface area contributed by atoms with E-state index >= 15 is 0 Å². The molecular weight excluding hydrogens is 254 g/mol. The molecule has 0 bridgehead atoms. The first-order valence-corrected chi connectivity index (χ1v) is 7.80. The molecule has 0 spiro atoms. The maximum absolute atomic E-state index is 11.7. The van der Waals surface area contributed by atoms with E-state index in [0.717, 1.165) is 25.8 Å². The molecule has 0 saturated heterocycles. The maximum atomic E-state index is 11.7. The third-order valence-electron chi connectivity index (χ3n) is 3.97. The average Bonchev–Trinajstić information content (AvgIpc) is 2.35. The van der Waals surface area contributed by atoms with Crippen molar-refractivity contribution in [3.8, 4) is 0 Å². The van der Waals surface area contributed by atoms with Crippen molar-refractivity contribution < 1.29 is 14.3 Å². The lowest BCUT2D eigenvalue weighted by atomic mass is 9.71. The van der Waals surface area contributed by atoms with E-state index in [9.17, 15) is 4.79 Å². The second-order valence-corrected chi connectivity index (χ2v) is 6.90. The van der Waals surface area contributed by atoms with Gasteiger partial charge < -0.3 is 14.8 Å². The van der Waals surface area contributed by atoms with Crippen LogP contribution in [-0.2, 0) is 14.3 Å². The molecule has 1 rings (SSSR count). The third kappa shape index (κ3) is 5.80. The Labute approximate surface area is 123 Å². The fourth-order valence-corrected chi connectivity index (χ4v) is 3.29. The lowest BCUT2D eigenvalue weighted by Crippen LogP contribution is -2.43. The lowest BCUT2D eigenvalue weighted by Gasteiger charge is -2.39. The standard InChI is InChI=1S/C16H31NO3/c1-6-7-17-14(15(18)19-5)11-20-13-8-12(2)9-16(3,4)10-13/h12-14,17H,6-11H2,1-5H3. The highest BCUT2D eigenvalue weighted by Gasteiger charge is 2.33. The predicted octanol–water partition coefficient (Wildman–Crippen LogP) is 2.76. The van der Waals surface area contributed by atoms with E-state index in [1.54, 1.807) is 0 Å². The topological polar surface area (TPSA) is 47.6 Å². The summed E-state index contributed by atoms with van der Waals surface area (Å²) in [5, 5.41) is 3.19. The Hall–Kier alpha value is -0.610. The van der Waals surface area contributed by atoms with Crippen LogP contribution in [-0.4, -0.2) is 38.4 Å². The Morgan fingerprint density at radius 1 is 1.40 bits per heavy atom. The molecule has 0 aliphatic heterocycles. The maximum Gasteiger partial charge on any atom is 0.325 e. The molecule has 1 aliphatic rings. The molecule has 4 heteroatoms. The first kappa shape index (κ1) is 17.4. The molecule has 20 heavy (non-hydrogen) atoms. The monoisotopic (exact) mass is 285 g/mol. The van der Waals surface area contributed by atoms with Gasteiger partial charge >= 0.3 is 5.97 Å². The number of methoxy groups -OCH3 is 1. The van der Waals surface area contributed by atoms with Gasteiger partial charge in [0.2, 0.25) is 0 Å². The molecule has 0 heterocycles. The van der Waals surface area contributed by atoms with Crippen LogP contribution in [0.5, 0.6) is 0 Å². The van der Waals surface area contributed by atoms with Crippen LogP contribution in [0, 0.1) is 11.3 Å². The second kappa shape index (κ2) is 7.99. The van der Waals surface area contributed by atoms with Crippen LogP contribution in [0.3, 0.4) is 0 Å². The molecule has 1 fully saturated rings. The molecular formula is C16H31NO3. The molecule has 1 N–H and O–H groups in total. The van der Waals surface area contributed by atoms with Crippen molar-refractivity contribution in [1.82, 2.24) is 5.32 Å². The predicted molar refractivity (Wildman–Crippen MR) is 80.6 cm³/mol. The number of hydrogen-bond donors (Lipinski definition) is 1. The Balaban J connectivity index is 2.47. The molecule has 118 valence electrons. The van der Waals surface area contributed by atoms with Gasteiger partial charge in [0, 0.05) is 0 Å². The zero-order valence-corrected chi connectivity index (χ0v) is 13.7. The molecule has 3 unspecified atom stereocenters. The number of carbonyl (C=O) groups excluding carboxylic acids is 1. The number of rotatable bonds is 7. The minimum atomic E-state index is -0.347.